The molecule has 0 aliphatic carbocycles. The van der Waals surface area contributed by atoms with Crippen LogP contribution in [0.1, 0.15) is 0 Å². The highest BCUT2D eigenvalue weighted by atomic mass is 32.2. The first-order chi connectivity index (χ1) is 10.2. The summed E-state index contributed by atoms with van der Waals surface area (Å²) in [6, 6.07) is 1.99. The molecule has 0 aliphatic rings. The Morgan fingerprint density at radius 2 is 1.09 bits per heavy atom. The van der Waals surface area contributed by atoms with Crippen LogP contribution in [0.3, 0.4) is 0 Å². The van der Waals surface area contributed by atoms with E-state index in [4.69, 9.17) is 13.7 Å². The fourth-order valence-electron chi connectivity index (χ4n) is 1.89. The van der Waals surface area contributed by atoms with Crippen molar-refractivity contribution in [3.63, 3.8) is 0 Å². The zero-order chi connectivity index (χ0) is 17.8. The molecular formula is C10H7O10S3. The molecule has 0 bridgehead atoms. The molecule has 0 unspecified atom stereocenters. The average Bonchev–Trinajstić information content (AvgIpc) is 2.33. The molecule has 2 aromatic rings. The lowest BCUT2D eigenvalue weighted by Crippen LogP contribution is -2.05. The molecule has 3 N–H and O–H groups in total. The van der Waals surface area contributed by atoms with E-state index in [1.807, 2.05) is 0 Å². The van der Waals surface area contributed by atoms with Gasteiger partial charge in [-0.25, -0.2) is 0 Å². The molecule has 0 amide bonds. The van der Waals surface area contributed by atoms with Gasteiger partial charge in [-0.05, 0) is 23.6 Å². The molecule has 0 saturated carbocycles. The van der Waals surface area contributed by atoms with E-state index in [0.29, 0.717) is 24.3 Å². The number of hydrogen-bond acceptors (Lipinski definition) is 6. The summed E-state index contributed by atoms with van der Waals surface area (Å²) in [4.78, 5) is -3.04. The summed E-state index contributed by atoms with van der Waals surface area (Å²) in [5, 5.41) is 10.7. The van der Waals surface area contributed by atoms with Crippen LogP contribution in [0.2, 0.25) is 0 Å². The summed E-state index contributed by atoms with van der Waals surface area (Å²) >= 11 is 0. The minimum Gasteiger partial charge on any atom is -0.289 e. The van der Waals surface area contributed by atoms with Gasteiger partial charge in [0.05, 0.1) is 15.2 Å². The van der Waals surface area contributed by atoms with Gasteiger partial charge in [-0.1, -0.05) is 0 Å². The summed E-state index contributed by atoms with van der Waals surface area (Å²) in [6.45, 7) is 0. The highest BCUT2D eigenvalue weighted by Crippen LogP contribution is 2.36. The van der Waals surface area contributed by atoms with Crippen molar-refractivity contribution in [2.24, 2.45) is 0 Å². The molecule has 0 saturated heterocycles. The number of fused-ring (bicyclic) bond motifs is 1. The van der Waals surface area contributed by atoms with Gasteiger partial charge in [0.15, 0.2) is 5.75 Å². The van der Waals surface area contributed by atoms with Gasteiger partial charge < -0.3 is 0 Å². The molecule has 2 aromatic carbocycles. The van der Waals surface area contributed by atoms with Crippen LogP contribution >= 0.6 is 0 Å². The van der Waals surface area contributed by atoms with Crippen molar-refractivity contribution in [3.05, 3.63) is 24.3 Å². The molecule has 0 aromatic heterocycles. The summed E-state index contributed by atoms with van der Waals surface area (Å²) in [5.41, 5.74) is 0. The van der Waals surface area contributed by atoms with Crippen molar-refractivity contribution in [3.8, 4) is 5.75 Å². The van der Waals surface area contributed by atoms with E-state index >= 15 is 0 Å². The highest BCUT2D eigenvalue weighted by molar-refractivity contribution is 7.87. The van der Waals surface area contributed by atoms with Crippen molar-refractivity contribution in [2.45, 2.75) is 14.7 Å². The second-order valence-corrected chi connectivity index (χ2v) is 8.60. The lowest BCUT2D eigenvalue weighted by atomic mass is 10.1. The standard InChI is InChI=1S/C10H7O10S3/c11-8-3-6(21(12,13)14)1-5-2-7(22(15,16)17)4-9(10(5)8)23(18,19)20/h1-4H,(H,12,13,14)(H,15,16,17)(H,18,19,20). The van der Waals surface area contributed by atoms with E-state index in [1.54, 1.807) is 0 Å². The van der Waals surface area contributed by atoms with Gasteiger partial charge in [-0.15, -0.1) is 0 Å². The summed E-state index contributed by atoms with van der Waals surface area (Å²) in [6.07, 6.45) is 0. The molecule has 1 radical (unpaired) electrons. The van der Waals surface area contributed by atoms with Crippen LogP contribution in [0.25, 0.3) is 10.8 Å². The Morgan fingerprint density at radius 1 is 0.652 bits per heavy atom. The number of rotatable bonds is 3. The van der Waals surface area contributed by atoms with Gasteiger partial charge in [0.2, 0.25) is 0 Å². The smallest absolute Gasteiger partial charge is 0.289 e. The second kappa shape index (κ2) is 5.12. The first-order valence-electron chi connectivity index (χ1n) is 5.42. The van der Waals surface area contributed by atoms with Crippen molar-refractivity contribution in [1.29, 1.82) is 0 Å². The monoisotopic (exact) mass is 383 g/mol. The number of hydrogen-bond donors (Lipinski definition) is 3. The molecule has 10 nitrogen and oxygen atoms in total. The minimum atomic E-state index is -5.07. The van der Waals surface area contributed by atoms with E-state index in [9.17, 15) is 30.4 Å². The normalized spacial score (nSPS) is 13.3. The Labute approximate surface area is 130 Å². The molecule has 23 heavy (non-hydrogen) atoms. The van der Waals surface area contributed by atoms with Gasteiger partial charge in [0.25, 0.3) is 30.4 Å². The van der Waals surface area contributed by atoms with Gasteiger partial charge in [0, 0.05) is 6.07 Å². The first kappa shape index (κ1) is 17.6. The quantitative estimate of drug-likeness (QED) is 0.643. The Balaban J connectivity index is 3.12. The Morgan fingerprint density at radius 3 is 1.48 bits per heavy atom. The fourth-order valence-corrected chi connectivity index (χ4v) is 3.79. The van der Waals surface area contributed by atoms with Crippen LogP contribution in [0.5, 0.6) is 5.75 Å². The van der Waals surface area contributed by atoms with Crippen molar-refractivity contribution in [1.82, 2.24) is 0 Å². The molecule has 0 spiro atoms. The van der Waals surface area contributed by atoms with Crippen molar-refractivity contribution in [2.75, 3.05) is 0 Å². The lowest BCUT2D eigenvalue weighted by Gasteiger charge is -2.09. The Hall–Kier alpha value is -1.77. The zero-order valence-corrected chi connectivity index (χ0v) is 13.2. The van der Waals surface area contributed by atoms with Gasteiger partial charge in [0.1, 0.15) is 4.90 Å². The Bertz CT molecular complexity index is 1120. The lowest BCUT2D eigenvalue weighted by molar-refractivity contribution is 0.357. The van der Waals surface area contributed by atoms with Crippen molar-refractivity contribution >= 4 is 41.1 Å². The van der Waals surface area contributed by atoms with E-state index in [0.717, 1.165) is 0 Å². The van der Waals surface area contributed by atoms with Crippen LogP contribution in [0.4, 0.5) is 0 Å². The third kappa shape index (κ3) is 3.44. The Kier molecular flexibility index (Phi) is 3.91. The maximum atomic E-state index is 11.9. The third-order valence-corrected chi connectivity index (χ3v) is 5.34. The second-order valence-electron chi connectivity index (χ2n) is 4.37. The highest BCUT2D eigenvalue weighted by Gasteiger charge is 2.25. The van der Waals surface area contributed by atoms with Gasteiger partial charge in [-0.2, -0.15) is 25.3 Å². The van der Waals surface area contributed by atoms with Crippen LogP contribution in [0.15, 0.2) is 39.0 Å². The van der Waals surface area contributed by atoms with Crippen LogP contribution in [-0.2, 0) is 35.5 Å². The summed E-state index contributed by atoms with van der Waals surface area (Å²) in [5.74, 6) is -1.20. The molecule has 0 aliphatic heterocycles. The SMILES string of the molecule is [O]c1cc(S(=O)(=O)O)cc2cc(S(=O)(=O)O)cc(S(=O)(=O)O)c12. The van der Waals surface area contributed by atoms with Crippen molar-refractivity contribution < 1.29 is 44.0 Å². The van der Waals surface area contributed by atoms with Crippen LogP contribution < -0.4 is 0 Å². The molecule has 13 heteroatoms. The largest absolute Gasteiger partial charge is 0.295 e. The molecule has 0 atom stereocenters. The first-order valence-corrected chi connectivity index (χ1v) is 9.74. The molecular weight excluding hydrogens is 376 g/mol. The van der Waals surface area contributed by atoms with E-state index in [1.165, 1.54) is 0 Å². The zero-order valence-electron chi connectivity index (χ0n) is 10.7. The molecule has 0 heterocycles. The topological polar surface area (TPSA) is 183 Å². The van der Waals surface area contributed by atoms with E-state index in [2.05, 4.69) is 0 Å². The molecule has 2 rings (SSSR count). The average molecular weight is 383 g/mol. The maximum absolute atomic E-state index is 11.9. The minimum absolute atomic E-state index is 0.349. The third-order valence-electron chi connectivity index (χ3n) is 2.80. The molecule has 125 valence electrons. The summed E-state index contributed by atoms with van der Waals surface area (Å²) < 4.78 is 94.2. The van der Waals surface area contributed by atoms with E-state index < -0.39 is 61.6 Å². The van der Waals surface area contributed by atoms with Crippen LogP contribution in [0, 0.1) is 0 Å². The predicted molar refractivity (Wildman–Crippen MR) is 73.5 cm³/mol. The molecule has 0 fully saturated rings. The van der Waals surface area contributed by atoms with E-state index in [-0.39, 0.29) is 0 Å². The van der Waals surface area contributed by atoms with Gasteiger partial charge >= 0.3 is 0 Å². The number of benzene rings is 2. The maximum Gasteiger partial charge on any atom is 0.295 e. The summed E-state index contributed by atoms with van der Waals surface area (Å²) in [7, 11) is -14.8. The predicted octanol–water partition coefficient (Wildman–Crippen LogP) is 0.724. The fraction of sp³-hybridized carbons (Fsp3) is 0. The van der Waals surface area contributed by atoms with Gasteiger partial charge in [-0.3, -0.25) is 18.8 Å². The van der Waals surface area contributed by atoms with Crippen LogP contribution in [-0.4, -0.2) is 38.9 Å².